The number of hydrogen-bond acceptors (Lipinski definition) is 3. The topological polar surface area (TPSA) is 52.5 Å². The van der Waals surface area contributed by atoms with Crippen molar-refractivity contribution in [2.24, 2.45) is 5.92 Å². The van der Waals surface area contributed by atoms with Crippen LogP contribution in [0.4, 0.5) is 0 Å². The number of benzene rings is 1. The molecule has 0 saturated carbocycles. The van der Waals surface area contributed by atoms with Gasteiger partial charge in [0.1, 0.15) is 5.75 Å². The molecule has 1 aromatic rings. The van der Waals surface area contributed by atoms with Crippen LogP contribution in [0.1, 0.15) is 31.7 Å². The molecule has 0 aromatic heterocycles. The van der Waals surface area contributed by atoms with Crippen LogP contribution in [0.2, 0.25) is 0 Å². The Bertz CT molecular complexity index is 353. The molecule has 1 saturated heterocycles. The van der Waals surface area contributed by atoms with E-state index in [1.165, 1.54) is 0 Å². The van der Waals surface area contributed by atoms with Gasteiger partial charge in [-0.25, -0.2) is 0 Å². The molecule has 3 nitrogen and oxygen atoms in total. The SMILES string of the molecule is CC(O)(CC1CCNCC1)c1ccc(O)cc1. The molecule has 1 aliphatic rings. The summed E-state index contributed by atoms with van der Waals surface area (Å²) < 4.78 is 0. The molecule has 0 aliphatic carbocycles. The number of aromatic hydroxyl groups is 1. The Morgan fingerprint density at radius 3 is 2.41 bits per heavy atom. The average molecular weight is 235 g/mol. The summed E-state index contributed by atoms with van der Waals surface area (Å²) in [5, 5.41) is 23.1. The summed E-state index contributed by atoms with van der Waals surface area (Å²) in [6, 6.07) is 6.87. The fourth-order valence-corrected chi connectivity index (χ4v) is 2.59. The van der Waals surface area contributed by atoms with Gasteiger partial charge in [-0.1, -0.05) is 12.1 Å². The first kappa shape index (κ1) is 12.4. The number of rotatable bonds is 3. The molecule has 17 heavy (non-hydrogen) atoms. The predicted octanol–water partition coefficient (Wildman–Crippen LogP) is 1.99. The Kier molecular flexibility index (Phi) is 3.69. The Hall–Kier alpha value is -1.06. The number of phenolic OH excluding ortho intramolecular Hbond substituents is 1. The third kappa shape index (κ3) is 3.20. The van der Waals surface area contributed by atoms with Gasteiger partial charge in [-0.15, -0.1) is 0 Å². The van der Waals surface area contributed by atoms with Crippen molar-refractivity contribution in [3.8, 4) is 5.75 Å². The Morgan fingerprint density at radius 1 is 1.24 bits per heavy atom. The highest BCUT2D eigenvalue weighted by molar-refractivity contribution is 5.29. The van der Waals surface area contributed by atoms with Gasteiger partial charge in [0.25, 0.3) is 0 Å². The quantitative estimate of drug-likeness (QED) is 0.751. The van der Waals surface area contributed by atoms with E-state index < -0.39 is 5.60 Å². The second-order valence-corrected chi connectivity index (χ2v) is 5.22. The molecule has 0 spiro atoms. The molecule has 2 rings (SSSR count). The van der Waals surface area contributed by atoms with Crippen molar-refractivity contribution in [2.75, 3.05) is 13.1 Å². The highest BCUT2D eigenvalue weighted by Crippen LogP contribution is 2.32. The summed E-state index contributed by atoms with van der Waals surface area (Å²) in [7, 11) is 0. The molecule has 1 fully saturated rings. The summed E-state index contributed by atoms with van der Waals surface area (Å²) in [4.78, 5) is 0. The molecule has 1 heterocycles. The molecule has 3 heteroatoms. The van der Waals surface area contributed by atoms with Crippen LogP contribution in [0.25, 0.3) is 0 Å². The largest absolute Gasteiger partial charge is 0.508 e. The molecule has 0 amide bonds. The van der Waals surface area contributed by atoms with Gasteiger partial charge in [-0.3, -0.25) is 0 Å². The third-order valence-electron chi connectivity index (χ3n) is 3.63. The van der Waals surface area contributed by atoms with Crippen molar-refractivity contribution < 1.29 is 10.2 Å². The van der Waals surface area contributed by atoms with Crippen molar-refractivity contribution in [3.63, 3.8) is 0 Å². The van der Waals surface area contributed by atoms with Crippen LogP contribution < -0.4 is 5.32 Å². The maximum atomic E-state index is 10.5. The van der Waals surface area contributed by atoms with Crippen LogP contribution in [-0.2, 0) is 5.60 Å². The minimum Gasteiger partial charge on any atom is -0.508 e. The van der Waals surface area contributed by atoms with Gasteiger partial charge in [-0.2, -0.15) is 0 Å². The molecule has 1 atom stereocenters. The van der Waals surface area contributed by atoms with Crippen molar-refractivity contribution in [1.29, 1.82) is 0 Å². The predicted molar refractivity (Wildman–Crippen MR) is 67.9 cm³/mol. The molecule has 0 bridgehead atoms. The maximum Gasteiger partial charge on any atom is 0.115 e. The average Bonchev–Trinajstić information content (AvgIpc) is 2.30. The zero-order valence-electron chi connectivity index (χ0n) is 10.3. The van der Waals surface area contributed by atoms with Crippen LogP contribution in [-0.4, -0.2) is 23.3 Å². The van der Waals surface area contributed by atoms with Gasteiger partial charge in [0.2, 0.25) is 0 Å². The number of piperidine rings is 1. The molecule has 3 N–H and O–H groups in total. The normalized spacial score (nSPS) is 21.1. The first-order valence-corrected chi connectivity index (χ1v) is 6.30. The Balaban J connectivity index is 2.04. The number of phenols is 1. The zero-order valence-corrected chi connectivity index (χ0v) is 10.3. The molecule has 1 aliphatic heterocycles. The number of hydrogen-bond donors (Lipinski definition) is 3. The monoisotopic (exact) mass is 235 g/mol. The smallest absolute Gasteiger partial charge is 0.115 e. The molecular weight excluding hydrogens is 214 g/mol. The highest BCUT2D eigenvalue weighted by Gasteiger charge is 2.28. The van der Waals surface area contributed by atoms with Crippen molar-refractivity contribution >= 4 is 0 Å². The van der Waals surface area contributed by atoms with E-state index in [0.29, 0.717) is 5.92 Å². The van der Waals surface area contributed by atoms with E-state index >= 15 is 0 Å². The summed E-state index contributed by atoms with van der Waals surface area (Å²) in [6.45, 7) is 3.97. The van der Waals surface area contributed by atoms with Crippen LogP contribution in [0.15, 0.2) is 24.3 Å². The third-order valence-corrected chi connectivity index (χ3v) is 3.63. The summed E-state index contributed by atoms with van der Waals surface area (Å²) in [5.74, 6) is 0.825. The van der Waals surface area contributed by atoms with Gasteiger partial charge >= 0.3 is 0 Å². The fourth-order valence-electron chi connectivity index (χ4n) is 2.59. The van der Waals surface area contributed by atoms with Gasteiger partial charge in [0.15, 0.2) is 0 Å². The van der Waals surface area contributed by atoms with E-state index in [2.05, 4.69) is 5.32 Å². The van der Waals surface area contributed by atoms with Crippen molar-refractivity contribution in [3.05, 3.63) is 29.8 Å². The van der Waals surface area contributed by atoms with Crippen LogP contribution in [0, 0.1) is 5.92 Å². The Morgan fingerprint density at radius 2 is 1.82 bits per heavy atom. The summed E-state index contributed by atoms with van der Waals surface area (Å²) in [6.07, 6.45) is 3.06. The molecule has 0 radical (unpaired) electrons. The summed E-state index contributed by atoms with van der Waals surface area (Å²) in [5.41, 5.74) is 0.0873. The maximum absolute atomic E-state index is 10.5. The van der Waals surface area contributed by atoms with E-state index in [0.717, 1.165) is 37.9 Å². The van der Waals surface area contributed by atoms with Gasteiger partial charge in [-0.05, 0) is 62.9 Å². The summed E-state index contributed by atoms with van der Waals surface area (Å²) >= 11 is 0. The number of nitrogens with one attached hydrogen (secondary N) is 1. The molecular formula is C14H21NO2. The van der Waals surface area contributed by atoms with Crippen molar-refractivity contribution in [1.82, 2.24) is 5.32 Å². The lowest BCUT2D eigenvalue weighted by Gasteiger charge is -2.31. The second-order valence-electron chi connectivity index (χ2n) is 5.22. The lowest BCUT2D eigenvalue weighted by molar-refractivity contribution is 0.0250. The van der Waals surface area contributed by atoms with Gasteiger partial charge in [0.05, 0.1) is 5.60 Å². The van der Waals surface area contributed by atoms with E-state index in [1.807, 2.05) is 6.92 Å². The van der Waals surface area contributed by atoms with Crippen LogP contribution in [0.5, 0.6) is 5.75 Å². The molecule has 1 unspecified atom stereocenters. The first-order chi connectivity index (χ1) is 8.08. The van der Waals surface area contributed by atoms with Gasteiger partial charge in [0, 0.05) is 0 Å². The first-order valence-electron chi connectivity index (χ1n) is 6.30. The van der Waals surface area contributed by atoms with E-state index in [9.17, 15) is 10.2 Å². The number of aliphatic hydroxyl groups is 1. The molecule has 94 valence electrons. The van der Waals surface area contributed by atoms with E-state index in [-0.39, 0.29) is 5.75 Å². The minimum absolute atomic E-state index is 0.242. The highest BCUT2D eigenvalue weighted by atomic mass is 16.3. The Labute approximate surface area is 102 Å². The lowest BCUT2D eigenvalue weighted by atomic mass is 9.82. The minimum atomic E-state index is -0.796. The second kappa shape index (κ2) is 5.07. The van der Waals surface area contributed by atoms with E-state index in [1.54, 1.807) is 24.3 Å². The van der Waals surface area contributed by atoms with E-state index in [4.69, 9.17) is 0 Å². The fraction of sp³-hybridized carbons (Fsp3) is 0.571. The van der Waals surface area contributed by atoms with Crippen LogP contribution >= 0.6 is 0 Å². The lowest BCUT2D eigenvalue weighted by Crippen LogP contribution is -2.32. The molecule has 1 aromatic carbocycles. The van der Waals surface area contributed by atoms with Gasteiger partial charge < -0.3 is 15.5 Å². The van der Waals surface area contributed by atoms with Crippen LogP contribution in [0.3, 0.4) is 0 Å². The zero-order chi connectivity index (χ0) is 12.3. The standard InChI is InChI=1S/C14H21NO2/c1-14(17,10-11-6-8-15-9-7-11)12-2-4-13(16)5-3-12/h2-5,11,15-17H,6-10H2,1H3. The van der Waals surface area contributed by atoms with Crippen molar-refractivity contribution in [2.45, 2.75) is 31.8 Å².